The van der Waals surface area contributed by atoms with Crippen LogP contribution in [0.4, 0.5) is 10.2 Å². The van der Waals surface area contributed by atoms with Crippen molar-refractivity contribution in [3.8, 4) is 0 Å². The number of carbonyl (C=O) groups excluding carboxylic acids is 1. The summed E-state index contributed by atoms with van der Waals surface area (Å²) < 4.78 is 13.0. The van der Waals surface area contributed by atoms with Gasteiger partial charge in [0.1, 0.15) is 11.6 Å². The Morgan fingerprint density at radius 3 is 2.84 bits per heavy atom. The molecule has 0 radical (unpaired) electrons. The number of hydrogen-bond acceptors (Lipinski definition) is 4. The number of nitrogens with two attached hydrogens (primary N) is 1. The van der Waals surface area contributed by atoms with Crippen molar-refractivity contribution in [3.63, 3.8) is 0 Å². The molecular weight excluding hydrogens is 247 g/mol. The number of nitrogens with one attached hydrogen (secondary N) is 1. The molecule has 1 heterocycles. The van der Waals surface area contributed by atoms with Gasteiger partial charge in [-0.3, -0.25) is 4.79 Å². The van der Waals surface area contributed by atoms with Crippen molar-refractivity contribution in [2.24, 2.45) is 0 Å². The molecule has 0 unspecified atom stereocenters. The minimum Gasteiger partial charge on any atom is -0.383 e. The molecule has 0 saturated heterocycles. The predicted molar refractivity (Wildman–Crippen MR) is 73.3 cm³/mol. The lowest BCUT2D eigenvalue weighted by Crippen LogP contribution is -2.35. The zero-order chi connectivity index (χ0) is 14.3. The SMILES string of the molecule is CCCN(CC)CCNC(=O)c1cc(F)cnc1N. The van der Waals surface area contributed by atoms with Crippen molar-refractivity contribution >= 4 is 11.7 Å². The second kappa shape index (κ2) is 7.68. The zero-order valence-corrected chi connectivity index (χ0v) is 11.4. The summed E-state index contributed by atoms with van der Waals surface area (Å²) in [6.07, 6.45) is 2.06. The normalized spacial score (nSPS) is 10.7. The van der Waals surface area contributed by atoms with Gasteiger partial charge in [-0.25, -0.2) is 9.37 Å². The van der Waals surface area contributed by atoms with Gasteiger partial charge in [0.05, 0.1) is 11.8 Å². The third kappa shape index (κ3) is 4.82. The Hall–Kier alpha value is -1.69. The Labute approximate surface area is 113 Å². The fourth-order valence-corrected chi connectivity index (χ4v) is 1.80. The largest absolute Gasteiger partial charge is 0.383 e. The van der Waals surface area contributed by atoms with Gasteiger partial charge in [0.25, 0.3) is 5.91 Å². The van der Waals surface area contributed by atoms with Gasteiger partial charge in [0, 0.05) is 13.1 Å². The number of rotatable bonds is 7. The van der Waals surface area contributed by atoms with Gasteiger partial charge >= 0.3 is 0 Å². The van der Waals surface area contributed by atoms with Crippen LogP contribution in [-0.2, 0) is 0 Å². The number of likely N-dealkylation sites (N-methyl/N-ethyl adjacent to an activating group) is 1. The Bertz CT molecular complexity index is 425. The lowest BCUT2D eigenvalue weighted by molar-refractivity contribution is 0.0948. The van der Waals surface area contributed by atoms with Crippen molar-refractivity contribution in [3.05, 3.63) is 23.6 Å². The molecule has 106 valence electrons. The molecule has 0 aromatic carbocycles. The highest BCUT2D eigenvalue weighted by Gasteiger charge is 2.11. The van der Waals surface area contributed by atoms with Gasteiger partial charge in [0.2, 0.25) is 0 Å². The molecule has 0 atom stereocenters. The van der Waals surface area contributed by atoms with Crippen molar-refractivity contribution in [2.75, 3.05) is 31.9 Å². The lowest BCUT2D eigenvalue weighted by Gasteiger charge is -2.19. The van der Waals surface area contributed by atoms with Crippen molar-refractivity contribution in [1.82, 2.24) is 15.2 Å². The number of carbonyl (C=O) groups is 1. The lowest BCUT2D eigenvalue weighted by atomic mass is 10.2. The summed E-state index contributed by atoms with van der Waals surface area (Å²) in [6, 6.07) is 1.10. The van der Waals surface area contributed by atoms with Crippen molar-refractivity contribution in [2.45, 2.75) is 20.3 Å². The van der Waals surface area contributed by atoms with Crippen LogP contribution in [0.3, 0.4) is 0 Å². The molecule has 0 aliphatic carbocycles. The molecule has 6 heteroatoms. The van der Waals surface area contributed by atoms with E-state index in [1.807, 2.05) is 0 Å². The van der Waals surface area contributed by atoms with Crippen LogP contribution < -0.4 is 11.1 Å². The summed E-state index contributed by atoms with van der Waals surface area (Å²) in [4.78, 5) is 17.7. The van der Waals surface area contributed by atoms with Crippen LogP contribution >= 0.6 is 0 Å². The van der Waals surface area contributed by atoms with E-state index in [0.29, 0.717) is 6.54 Å². The Morgan fingerprint density at radius 2 is 2.21 bits per heavy atom. The molecule has 1 aromatic heterocycles. The molecule has 1 aromatic rings. The molecule has 0 aliphatic heterocycles. The quantitative estimate of drug-likeness (QED) is 0.781. The Kier molecular flexibility index (Phi) is 6.21. The number of amides is 1. The molecule has 3 N–H and O–H groups in total. The van der Waals surface area contributed by atoms with E-state index in [2.05, 4.69) is 29.0 Å². The van der Waals surface area contributed by atoms with E-state index in [-0.39, 0.29) is 11.4 Å². The maximum absolute atomic E-state index is 13.0. The van der Waals surface area contributed by atoms with Crippen LogP contribution in [-0.4, -0.2) is 42.0 Å². The number of hydrogen-bond donors (Lipinski definition) is 2. The van der Waals surface area contributed by atoms with E-state index >= 15 is 0 Å². The minimum absolute atomic E-state index is 0.0415. The van der Waals surface area contributed by atoms with E-state index in [0.717, 1.165) is 38.3 Å². The summed E-state index contributed by atoms with van der Waals surface area (Å²) in [6.45, 7) is 7.39. The smallest absolute Gasteiger partial charge is 0.255 e. The number of halogens is 1. The third-order valence-corrected chi connectivity index (χ3v) is 2.83. The third-order valence-electron chi connectivity index (χ3n) is 2.83. The highest BCUT2D eigenvalue weighted by atomic mass is 19.1. The minimum atomic E-state index is -0.569. The first kappa shape index (κ1) is 15.4. The predicted octanol–water partition coefficient (Wildman–Crippen LogP) is 1.26. The van der Waals surface area contributed by atoms with Crippen LogP contribution in [0, 0.1) is 5.82 Å². The molecule has 0 saturated carbocycles. The number of nitrogens with zero attached hydrogens (tertiary/aromatic N) is 2. The fourth-order valence-electron chi connectivity index (χ4n) is 1.80. The first-order valence-corrected chi connectivity index (χ1v) is 6.50. The monoisotopic (exact) mass is 268 g/mol. The number of pyridine rings is 1. The van der Waals surface area contributed by atoms with E-state index in [9.17, 15) is 9.18 Å². The summed E-state index contributed by atoms with van der Waals surface area (Å²) >= 11 is 0. The molecule has 0 fully saturated rings. The molecule has 0 spiro atoms. The summed E-state index contributed by atoms with van der Waals surface area (Å²) in [5.74, 6) is -0.919. The molecule has 5 nitrogen and oxygen atoms in total. The summed E-state index contributed by atoms with van der Waals surface area (Å²) in [7, 11) is 0. The van der Waals surface area contributed by atoms with Crippen LogP contribution in [0.25, 0.3) is 0 Å². The highest BCUT2D eigenvalue weighted by molar-refractivity contribution is 5.98. The molecule has 1 amide bonds. The fraction of sp³-hybridized carbons (Fsp3) is 0.538. The van der Waals surface area contributed by atoms with E-state index in [1.165, 1.54) is 0 Å². The molecule has 1 rings (SSSR count). The number of aromatic nitrogens is 1. The maximum Gasteiger partial charge on any atom is 0.255 e. The molecule has 19 heavy (non-hydrogen) atoms. The Morgan fingerprint density at radius 1 is 1.47 bits per heavy atom. The van der Waals surface area contributed by atoms with E-state index in [1.54, 1.807) is 0 Å². The van der Waals surface area contributed by atoms with Gasteiger partial charge in [-0.1, -0.05) is 13.8 Å². The Balaban J connectivity index is 2.49. The van der Waals surface area contributed by atoms with Gasteiger partial charge in [-0.2, -0.15) is 0 Å². The van der Waals surface area contributed by atoms with Crippen LogP contribution in [0.15, 0.2) is 12.3 Å². The number of nitrogen functional groups attached to an aromatic ring is 1. The van der Waals surface area contributed by atoms with Crippen LogP contribution in [0.2, 0.25) is 0 Å². The average Bonchev–Trinajstić information content (AvgIpc) is 2.40. The van der Waals surface area contributed by atoms with Gasteiger partial charge in [0.15, 0.2) is 0 Å². The maximum atomic E-state index is 13.0. The second-order valence-electron chi connectivity index (χ2n) is 4.28. The molecule has 0 aliphatic rings. The van der Waals surface area contributed by atoms with Gasteiger partial charge in [-0.15, -0.1) is 0 Å². The average molecular weight is 268 g/mol. The highest BCUT2D eigenvalue weighted by Crippen LogP contribution is 2.09. The second-order valence-corrected chi connectivity index (χ2v) is 4.28. The first-order chi connectivity index (χ1) is 9.08. The summed E-state index contributed by atoms with van der Waals surface area (Å²) in [5.41, 5.74) is 5.63. The van der Waals surface area contributed by atoms with E-state index < -0.39 is 11.7 Å². The van der Waals surface area contributed by atoms with Gasteiger partial charge in [-0.05, 0) is 25.6 Å². The standard InChI is InChI=1S/C13H21FN4O/c1-3-6-18(4-2)7-5-16-13(19)11-8-10(14)9-17-12(11)15/h8-9H,3-7H2,1-2H3,(H2,15,17)(H,16,19). The topological polar surface area (TPSA) is 71.2 Å². The first-order valence-electron chi connectivity index (χ1n) is 6.50. The van der Waals surface area contributed by atoms with Crippen LogP contribution in [0.5, 0.6) is 0 Å². The van der Waals surface area contributed by atoms with Crippen LogP contribution in [0.1, 0.15) is 30.6 Å². The van der Waals surface area contributed by atoms with Crippen molar-refractivity contribution < 1.29 is 9.18 Å². The zero-order valence-electron chi connectivity index (χ0n) is 11.4. The summed E-state index contributed by atoms with van der Waals surface area (Å²) in [5, 5.41) is 2.72. The molecule has 0 bridgehead atoms. The number of anilines is 1. The van der Waals surface area contributed by atoms with Crippen molar-refractivity contribution in [1.29, 1.82) is 0 Å². The van der Waals surface area contributed by atoms with Gasteiger partial charge < -0.3 is 16.0 Å². The van der Waals surface area contributed by atoms with E-state index in [4.69, 9.17) is 5.73 Å². The molecular formula is C13H21FN4O.